The van der Waals surface area contributed by atoms with E-state index in [-0.39, 0.29) is 12.6 Å². The molecule has 0 heterocycles. The van der Waals surface area contributed by atoms with Crippen LogP contribution in [0, 0.1) is 6.92 Å². The van der Waals surface area contributed by atoms with Crippen molar-refractivity contribution in [2.75, 3.05) is 13.2 Å². The molecule has 0 bridgehead atoms. The van der Waals surface area contributed by atoms with Crippen molar-refractivity contribution in [3.63, 3.8) is 0 Å². The van der Waals surface area contributed by atoms with E-state index < -0.39 is 0 Å². The molecule has 0 aliphatic carbocycles. The van der Waals surface area contributed by atoms with Crippen molar-refractivity contribution >= 4 is 0 Å². The third-order valence-corrected chi connectivity index (χ3v) is 2.62. The van der Waals surface area contributed by atoms with Gasteiger partial charge in [0.25, 0.3) is 0 Å². The molecule has 0 aliphatic rings. The van der Waals surface area contributed by atoms with E-state index in [0.29, 0.717) is 12.6 Å². The quantitative estimate of drug-likeness (QED) is 0.798. The van der Waals surface area contributed by atoms with Gasteiger partial charge in [0.2, 0.25) is 0 Å². The van der Waals surface area contributed by atoms with E-state index in [1.807, 2.05) is 26.0 Å². The Labute approximate surface area is 104 Å². The van der Waals surface area contributed by atoms with Crippen molar-refractivity contribution in [3.8, 4) is 5.75 Å². The molecule has 96 valence electrons. The van der Waals surface area contributed by atoms with Gasteiger partial charge in [-0.25, -0.2) is 0 Å². The van der Waals surface area contributed by atoms with Gasteiger partial charge < -0.3 is 15.2 Å². The van der Waals surface area contributed by atoms with Gasteiger partial charge in [0.05, 0.1) is 19.3 Å². The predicted octanol–water partition coefficient (Wildman–Crippen LogP) is 2.43. The van der Waals surface area contributed by atoms with Gasteiger partial charge in [-0.2, -0.15) is 0 Å². The van der Waals surface area contributed by atoms with Crippen molar-refractivity contribution in [1.82, 2.24) is 5.32 Å². The monoisotopic (exact) mass is 237 g/mol. The molecular weight excluding hydrogens is 214 g/mol. The first-order valence-electron chi connectivity index (χ1n) is 6.18. The van der Waals surface area contributed by atoms with Crippen LogP contribution in [0.15, 0.2) is 18.2 Å². The molecule has 0 fully saturated rings. The third-order valence-electron chi connectivity index (χ3n) is 2.62. The number of aryl methyl sites for hydroxylation is 1. The largest absolute Gasteiger partial charge is 0.494 e. The van der Waals surface area contributed by atoms with Crippen LogP contribution < -0.4 is 10.1 Å². The number of benzene rings is 1. The van der Waals surface area contributed by atoms with Crippen LogP contribution >= 0.6 is 0 Å². The lowest BCUT2D eigenvalue weighted by Gasteiger charge is -2.20. The zero-order valence-corrected chi connectivity index (χ0v) is 11.2. The summed E-state index contributed by atoms with van der Waals surface area (Å²) in [5, 5.41) is 12.7. The molecule has 0 saturated heterocycles. The average molecular weight is 237 g/mol. The molecular formula is C14H23NO2. The van der Waals surface area contributed by atoms with E-state index in [4.69, 9.17) is 4.74 Å². The van der Waals surface area contributed by atoms with Gasteiger partial charge in [0.15, 0.2) is 0 Å². The number of aliphatic hydroxyl groups excluding tert-OH is 1. The normalized spacial score (nSPS) is 12.8. The highest BCUT2D eigenvalue weighted by Crippen LogP contribution is 2.23. The van der Waals surface area contributed by atoms with Crippen LogP contribution in [0.2, 0.25) is 0 Å². The number of rotatable bonds is 6. The number of nitrogens with one attached hydrogen (secondary N) is 1. The minimum Gasteiger partial charge on any atom is -0.494 e. The molecule has 0 aliphatic heterocycles. The molecule has 17 heavy (non-hydrogen) atoms. The Morgan fingerprint density at radius 1 is 1.35 bits per heavy atom. The highest BCUT2D eigenvalue weighted by atomic mass is 16.5. The van der Waals surface area contributed by atoms with Crippen LogP contribution in [0.25, 0.3) is 0 Å². The zero-order chi connectivity index (χ0) is 12.8. The Balaban J connectivity index is 2.86. The summed E-state index contributed by atoms with van der Waals surface area (Å²) in [4.78, 5) is 0. The molecule has 0 radical (unpaired) electrons. The topological polar surface area (TPSA) is 41.5 Å². The second kappa shape index (κ2) is 6.62. The molecule has 1 aromatic rings. The minimum absolute atomic E-state index is 0.00984. The lowest BCUT2D eigenvalue weighted by molar-refractivity contribution is 0.237. The number of hydrogen-bond acceptors (Lipinski definition) is 3. The summed E-state index contributed by atoms with van der Waals surface area (Å²) in [6.45, 7) is 8.93. The fourth-order valence-electron chi connectivity index (χ4n) is 1.86. The fourth-order valence-corrected chi connectivity index (χ4v) is 1.86. The van der Waals surface area contributed by atoms with Crippen molar-refractivity contribution in [2.24, 2.45) is 0 Å². The Bertz CT molecular complexity index is 350. The maximum Gasteiger partial charge on any atom is 0.122 e. The smallest absolute Gasteiger partial charge is 0.122 e. The van der Waals surface area contributed by atoms with Gasteiger partial charge >= 0.3 is 0 Å². The number of hydrogen-bond donors (Lipinski definition) is 2. The van der Waals surface area contributed by atoms with Gasteiger partial charge in [-0.1, -0.05) is 26.0 Å². The molecule has 0 aromatic heterocycles. The summed E-state index contributed by atoms with van der Waals surface area (Å²) in [5.41, 5.74) is 2.20. The summed E-state index contributed by atoms with van der Waals surface area (Å²) < 4.78 is 5.50. The first-order chi connectivity index (χ1) is 8.08. The maximum absolute atomic E-state index is 9.40. The summed E-state index contributed by atoms with van der Waals surface area (Å²) in [6.07, 6.45) is 0. The van der Waals surface area contributed by atoms with Crippen LogP contribution in [0.4, 0.5) is 0 Å². The molecule has 1 aromatic carbocycles. The fraction of sp³-hybridized carbons (Fsp3) is 0.571. The summed E-state index contributed by atoms with van der Waals surface area (Å²) in [6, 6.07) is 6.39. The van der Waals surface area contributed by atoms with E-state index in [1.54, 1.807) is 0 Å². The second-order valence-corrected chi connectivity index (χ2v) is 4.51. The van der Waals surface area contributed by atoms with Gasteiger partial charge in [-0.15, -0.1) is 0 Å². The standard InChI is InChI=1S/C14H23NO2/c1-5-17-14-7-6-12(8-11(14)4)13(9-16)15-10(2)3/h6-8,10,13,15-16H,5,9H2,1-4H3. The van der Waals surface area contributed by atoms with E-state index in [9.17, 15) is 5.11 Å². The van der Waals surface area contributed by atoms with Crippen LogP contribution in [0.1, 0.15) is 37.9 Å². The Hall–Kier alpha value is -1.06. The van der Waals surface area contributed by atoms with Crippen molar-refractivity contribution in [1.29, 1.82) is 0 Å². The summed E-state index contributed by atoms with van der Waals surface area (Å²) in [5.74, 6) is 0.914. The molecule has 0 amide bonds. The molecule has 1 atom stereocenters. The number of ether oxygens (including phenoxy) is 1. The first kappa shape index (κ1) is 14.0. The van der Waals surface area contributed by atoms with Gasteiger partial charge in [-0.3, -0.25) is 0 Å². The Kier molecular flexibility index (Phi) is 5.45. The van der Waals surface area contributed by atoms with Crippen LogP contribution in [-0.2, 0) is 0 Å². The van der Waals surface area contributed by atoms with Crippen LogP contribution in [-0.4, -0.2) is 24.4 Å². The lowest BCUT2D eigenvalue weighted by Crippen LogP contribution is -2.30. The van der Waals surface area contributed by atoms with Crippen LogP contribution in [0.5, 0.6) is 5.75 Å². The van der Waals surface area contributed by atoms with Crippen molar-refractivity contribution in [2.45, 2.75) is 39.8 Å². The molecule has 1 rings (SSSR count). The highest BCUT2D eigenvalue weighted by molar-refractivity contribution is 5.37. The lowest BCUT2D eigenvalue weighted by atomic mass is 10.0. The van der Waals surface area contributed by atoms with E-state index in [2.05, 4.69) is 25.2 Å². The average Bonchev–Trinajstić information content (AvgIpc) is 2.28. The highest BCUT2D eigenvalue weighted by Gasteiger charge is 2.12. The first-order valence-corrected chi connectivity index (χ1v) is 6.18. The molecule has 0 spiro atoms. The molecule has 1 unspecified atom stereocenters. The number of aliphatic hydroxyl groups is 1. The third kappa shape index (κ3) is 4.02. The van der Waals surface area contributed by atoms with Gasteiger partial charge in [0.1, 0.15) is 5.75 Å². The molecule has 3 nitrogen and oxygen atoms in total. The Morgan fingerprint density at radius 3 is 2.53 bits per heavy atom. The van der Waals surface area contributed by atoms with Crippen LogP contribution in [0.3, 0.4) is 0 Å². The van der Waals surface area contributed by atoms with Gasteiger partial charge in [0, 0.05) is 6.04 Å². The van der Waals surface area contributed by atoms with E-state index in [1.165, 1.54) is 0 Å². The maximum atomic E-state index is 9.40. The van der Waals surface area contributed by atoms with E-state index >= 15 is 0 Å². The second-order valence-electron chi connectivity index (χ2n) is 4.51. The molecule has 3 heteroatoms. The summed E-state index contributed by atoms with van der Waals surface area (Å²) in [7, 11) is 0. The molecule has 0 saturated carbocycles. The minimum atomic E-state index is -0.00984. The van der Waals surface area contributed by atoms with E-state index in [0.717, 1.165) is 16.9 Å². The Morgan fingerprint density at radius 2 is 2.06 bits per heavy atom. The van der Waals surface area contributed by atoms with Crippen molar-refractivity contribution < 1.29 is 9.84 Å². The predicted molar refractivity (Wildman–Crippen MR) is 70.4 cm³/mol. The van der Waals surface area contributed by atoms with Gasteiger partial charge in [-0.05, 0) is 31.0 Å². The van der Waals surface area contributed by atoms with Crippen molar-refractivity contribution in [3.05, 3.63) is 29.3 Å². The SMILES string of the molecule is CCOc1ccc(C(CO)NC(C)C)cc1C. The molecule has 2 N–H and O–H groups in total. The zero-order valence-electron chi connectivity index (χ0n) is 11.2. The summed E-state index contributed by atoms with van der Waals surface area (Å²) >= 11 is 0.